The first-order valence-electron chi connectivity index (χ1n) is 7.04. The molecule has 3 rings (SSSR count). The number of fused-ring (bicyclic) bond motifs is 1. The van der Waals surface area contributed by atoms with Crippen molar-refractivity contribution in [3.05, 3.63) is 62.8 Å². The van der Waals surface area contributed by atoms with Gasteiger partial charge in [0, 0.05) is 28.8 Å². The van der Waals surface area contributed by atoms with Crippen LogP contribution in [0.15, 0.2) is 40.9 Å². The molecule has 0 saturated heterocycles. The Morgan fingerprint density at radius 2 is 2.12 bits per heavy atom. The lowest BCUT2D eigenvalue weighted by Gasteiger charge is -2.29. The van der Waals surface area contributed by atoms with Gasteiger partial charge in [-0.3, -0.25) is 4.79 Å². The Morgan fingerprint density at radius 3 is 2.75 bits per heavy atom. The van der Waals surface area contributed by atoms with Crippen LogP contribution in [0.1, 0.15) is 17.2 Å². The smallest absolute Gasteiger partial charge is 0.219 e. The zero-order valence-corrected chi connectivity index (χ0v) is 14.9. The van der Waals surface area contributed by atoms with Crippen LogP contribution in [0.4, 0.5) is 4.39 Å². The number of benzene rings is 2. The molecule has 0 saturated carbocycles. The Balaban J connectivity index is 2.20. The maximum atomic E-state index is 14.0. The molecular weight excluding hydrogens is 403 g/mol. The van der Waals surface area contributed by atoms with Gasteiger partial charge in [0.2, 0.25) is 5.60 Å². The number of halogens is 3. The fraction of sp³-hybridized carbons (Fsp3) is 0.235. The lowest BCUT2D eigenvalue weighted by Crippen LogP contribution is -2.38. The van der Waals surface area contributed by atoms with Crippen molar-refractivity contribution in [1.82, 2.24) is 0 Å². The summed E-state index contributed by atoms with van der Waals surface area (Å²) in [5, 5.41) is -0.0990. The molecule has 0 radical (unpaired) electrons. The minimum absolute atomic E-state index is 0.0721. The fourth-order valence-corrected chi connectivity index (χ4v) is 3.52. The molecule has 2 aromatic rings. The molecule has 0 fully saturated rings. The molecule has 7 heteroatoms. The summed E-state index contributed by atoms with van der Waals surface area (Å²) in [6.45, 7) is -0.0721. The van der Waals surface area contributed by atoms with E-state index < -0.39 is 17.5 Å². The number of hydrogen-bond acceptors (Lipinski definition) is 4. The van der Waals surface area contributed by atoms with E-state index in [0.29, 0.717) is 21.9 Å². The van der Waals surface area contributed by atoms with E-state index in [1.165, 1.54) is 7.11 Å². The van der Waals surface area contributed by atoms with Crippen LogP contribution in [0.3, 0.4) is 0 Å². The maximum absolute atomic E-state index is 14.0. The van der Waals surface area contributed by atoms with E-state index in [4.69, 9.17) is 25.8 Å². The number of aldehydes is 1. The van der Waals surface area contributed by atoms with Crippen molar-refractivity contribution in [2.45, 2.75) is 11.7 Å². The van der Waals surface area contributed by atoms with Crippen molar-refractivity contribution in [3.8, 4) is 5.75 Å². The summed E-state index contributed by atoms with van der Waals surface area (Å²) >= 11 is 9.27. The van der Waals surface area contributed by atoms with Gasteiger partial charge in [0.25, 0.3) is 0 Å². The van der Waals surface area contributed by atoms with Crippen LogP contribution in [0, 0.1) is 5.82 Å². The number of hydrogen-bond donors (Lipinski definition) is 0. The van der Waals surface area contributed by atoms with Crippen LogP contribution in [-0.4, -0.2) is 20.2 Å². The van der Waals surface area contributed by atoms with Gasteiger partial charge in [-0.05, 0) is 15.9 Å². The first-order chi connectivity index (χ1) is 11.5. The third-order valence-corrected chi connectivity index (χ3v) is 5.27. The Morgan fingerprint density at radius 1 is 1.42 bits per heavy atom. The number of carbonyl (C=O) groups excluding carboxylic acids is 1. The van der Waals surface area contributed by atoms with E-state index in [0.717, 1.165) is 6.07 Å². The zero-order valence-electron chi connectivity index (χ0n) is 12.6. The molecule has 1 aliphatic heterocycles. The Labute approximate surface area is 151 Å². The van der Waals surface area contributed by atoms with Gasteiger partial charge < -0.3 is 14.2 Å². The third-order valence-electron chi connectivity index (χ3n) is 3.85. The number of carbonyl (C=O) groups is 1. The van der Waals surface area contributed by atoms with Crippen molar-refractivity contribution in [2.24, 2.45) is 0 Å². The molecular formula is C17H13BrClFO4. The van der Waals surface area contributed by atoms with Gasteiger partial charge in [0.1, 0.15) is 24.5 Å². The van der Waals surface area contributed by atoms with Crippen molar-refractivity contribution in [3.63, 3.8) is 0 Å². The van der Waals surface area contributed by atoms with Gasteiger partial charge in [-0.1, -0.05) is 41.9 Å². The molecule has 0 spiro atoms. The molecule has 0 amide bonds. The first kappa shape index (κ1) is 17.4. The second kappa shape index (κ2) is 6.80. The summed E-state index contributed by atoms with van der Waals surface area (Å²) in [6, 6.07) is 10.0. The van der Waals surface area contributed by atoms with E-state index in [9.17, 15) is 9.18 Å². The first-order valence-corrected chi connectivity index (χ1v) is 8.21. The summed E-state index contributed by atoms with van der Waals surface area (Å²) < 4.78 is 30.8. The van der Waals surface area contributed by atoms with Gasteiger partial charge in [-0.25, -0.2) is 4.39 Å². The highest BCUT2D eigenvalue weighted by atomic mass is 79.9. The molecule has 0 aromatic heterocycles. The molecule has 126 valence electrons. The number of methoxy groups -OCH3 is 1. The van der Waals surface area contributed by atoms with E-state index in [-0.39, 0.29) is 17.6 Å². The minimum Gasteiger partial charge on any atom is -0.471 e. The predicted molar refractivity (Wildman–Crippen MR) is 89.6 cm³/mol. The lowest BCUT2D eigenvalue weighted by atomic mass is 9.87. The van der Waals surface area contributed by atoms with E-state index in [1.807, 2.05) is 6.07 Å². The van der Waals surface area contributed by atoms with Crippen molar-refractivity contribution < 1.29 is 23.4 Å². The normalized spacial score (nSPS) is 22.1. The largest absolute Gasteiger partial charge is 0.471 e. The van der Waals surface area contributed by atoms with Crippen LogP contribution in [0.5, 0.6) is 5.75 Å². The average Bonchev–Trinajstić information content (AvgIpc) is 2.93. The monoisotopic (exact) mass is 414 g/mol. The molecule has 0 unspecified atom stereocenters. The summed E-state index contributed by atoms with van der Waals surface area (Å²) in [5.41, 5.74) is -0.406. The second-order valence-electron chi connectivity index (χ2n) is 5.23. The van der Waals surface area contributed by atoms with E-state index in [2.05, 4.69) is 15.9 Å². The quantitative estimate of drug-likeness (QED) is 0.413. The van der Waals surface area contributed by atoms with Crippen LogP contribution >= 0.6 is 27.5 Å². The van der Waals surface area contributed by atoms with Gasteiger partial charge in [-0.2, -0.15) is 0 Å². The lowest BCUT2D eigenvalue weighted by molar-refractivity contribution is -0.151. The molecule has 24 heavy (non-hydrogen) atoms. The van der Waals surface area contributed by atoms with Gasteiger partial charge in [0.05, 0.1) is 5.02 Å². The van der Waals surface area contributed by atoms with Crippen LogP contribution in [0.2, 0.25) is 5.02 Å². The third kappa shape index (κ3) is 2.63. The number of rotatable bonds is 5. The van der Waals surface area contributed by atoms with Gasteiger partial charge >= 0.3 is 0 Å². The second-order valence-corrected chi connectivity index (χ2v) is 6.40. The molecule has 0 N–H and O–H groups in total. The van der Waals surface area contributed by atoms with Gasteiger partial charge in [0.15, 0.2) is 6.29 Å². The van der Waals surface area contributed by atoms with E-state index >= 15 is 0 Å². The Bertz CT molecular complexity index is 771. The highest BCUT2D eigenvalue weighted by Crippen LogP contribution is 2.54. The van der Waals surface area contributed by atoms with E-state index in [1.54, 1.807) is 24.3 Å². The molecule has 2 atom stereocenters. The molecule has 1 aliphatic rings. The standard InChI is InChI=1S/C17H13BrClFO4/c1-22-9-23-16-13-12(7-11(20)15(19)14(13)18)24-17(16,8-21)10-5-3-2-4-6-10/h2-8,16H,9H2,1H3/t16-,17+/m0/s1. The SMILES string of the molecule is COCO[C@H]1c2c(cc(F)c(Cl)c2Br)O[C@]1(C=O)c1ccccc1. The van der Waals surface area contributed by atoms with Gasteiger partial charge in [-0.15, -0.1) is 0 Å². The Hall–Kier alpha value is -1.47. The topological polar surface area (TPSA) is 44.8 Å². The molecule has 4 nitrogen and oxygen atoms in total. The fourth-order valence-electron chi connectivity index (χ4n) is 2.77. The average molecular weight is 416 g/mol. The highest BCUT2D eigenvalue weighted by molar-refractivity contribution is 9.10. The predicted octanol–water partition coefficient (Wildman–Crippen LogP) is 4.39. The number of ether oxygens (including phenoxy) is 3. The summed E-state index contributed by atoms with van der Waals surface area (Å²) in [6.07, 6.45) is -0.194. The van der Waals surface area contributed by atoms with Crippen LogP contribution < -0.4 is 4.74 Å². The van der Waals surface area contributed by atoms with Crippen LogP contribution in [0.25, 0.3) is 0 Å². The summed E-state index contributed by atoms with van der Waals surface area (Å²) in [5.74, 6) is -0.455. The van der Waals surface area contributed by atoms with Crippen molar-refractivity contribution in [1.29, 1.82) is 0 Å². The summed E-state index contributed by atoms with van der Waals surface area (Å²) in [4.78, 5) is 12.1. The maximum Gasteiger partial charge on any atom is 0.219 e. The van der Waals surface area contributed by atoms with Crippen molar-refractivity contribution >= 4 is 33.8 Å². The Kier molecular flexibility index (Phi) is 4.92. The van der Waals surface area contributed by atoms with Crippen LogP contribution in [-0.2, 0) is 19.9 Å². The highest BCUT2D eigenvalue weighted by Gasteiger charge is 2.53. The molecule has 0 bridgehead atoms. The van der Waals surface area contributed by atoms with Crippen molar-refractivity contribution in [2.75, 3.05) is 13.9 Å². The summed E-state index contributed by atoms with van der Waals surface area (Å²) in [7, 11) is 1.47. The molecule has 1 heterocycles. The molecule has 0 aliphatic carbocycles. The zero-order chi connectivity index (χ0) is 17.3. The minimum atomic E-state index is -1.46. The molecule has 2 aromatic carbocycles.